The second-order valence-corrected chi connectivity index (χ2v) is 13.8. The van der Waals surface area contributed by atoms with Crippen LogP contribution in [-0.4, -0.2) is 99.2 Å². The Bertz CT molecular complexity index is 1510. The molecule has 3 saturated heterocycles. The van der Waals surface area contributed by atoms with Crippen LogP contribution in [0.15, 0.2) is 47.4 Å². The first-order chi connectivity index (χ1) is 20.8. The second kappa shape index (κ2) is 12.7. The molecule has 10 nitrogen and oxygen atoms in total. The van der Waals surface area contributed by atoms with Crippen molar-refractivity contribution in [2.24, 2.45) is 5.92 Å². The first-order valence-corrected chi connectivity index (χ1v) is 16.6. The zero-order chi connectivity index (χ0) is 30.1. The van der Waals surface area contributed by atoms with Crippen LogP contribution in [-0.2, 0) is 9.59 Å². The number of fused-ring (bicyclic) bond motifs is 1. The minimum absolute atomic E-state index is 0. The van der Waals surface area contributed by atoms with Crippen LogP contribution in [0.4, 0.5) is 5.69 Å². The largest absolute Gasteiger partial charge is 0.369 e. The Morgan fingerprint density at radius 2 is 1.79 bits per heavy atom. The van der Waals surface area contributed by atoms with Crippen LogP contribution < -0.4 is 10.6 Å². The fourth-order valence-electron chi connectivity index (χ4n) is 6.60. The number of H-pyrrole nitrogens is 1. The van der Waals surface area contributed by atoms with Crippen molar-refractivity contribution in [3.05, 3.63) is 58.6 Å². The van der Waals surface area contributed by atoms with Crippen molar-refractivity contribution in [2.75, 3.05) is 57.8 Å². The number of imidazole rings is 1. The van der Waals surface area contributed by atoms with Gasteiger partial charge in [0.15, 0.2) is 5.65 Å². The van der Waals surface area contributed by atoms with Gasteiger partial charge in [-0.3, -0.25) is 19.1 Å². The van der Waals surface area contributed by atoms with E-state index in [-0.39, 0.29) is 36.8 Å². The van der Waals surface area contributed by atoms with E-state index < -0.39 is 5.25 Å². The molecule has 0 spiro atoms. The van der Waals surface area contributed by atoms with Gasteiger partial charge in [-0.25, -0.2) is 9.78 Å². The zero-order valence-corrected chi connectivity index (χ0v) is 26.3. The van der Waals surface area contributed by atoms with Gasteiger partial charge in [0.1, 0.15) is 5.37 Å². The van der Waals surface area contributed by atoms with E-state index in [0.29, 0.717) is 44.0 Å². The van der Waals surface area contributed by atoms with Gasteiger partial charge in [-0.1, -0.05) is 32.0 Å². The van der Waals surface area contributed by atoms with E-state index in [4.69, 9.17) is 0 Å². The van der Waals surface area contributed by atoms with Gasteiger partial charge in [0.25, 0.3) is 0 Å². The topological polar surface area (TPSA) is 97.8 Å². The van der Waals surface area contributed by atoms with Crippen molar-refractivity contribution in [3.8, 4) is 0 Å². The molecule has 11 heteroatoms. The number of piperidine rings is 1. The Kier molecular flexibility index (Phi) is 8.81. The molecule has 0 radical (unpaired) electrons. The average Bonchev–Trinajstić information content (AvgIpc) is 3.51. The third kappa shape index (κ3) is 6.20. The molecule has 232 valence electrons. The van der Waals surface area contributed by atoms with Gasteiger partial charge in [-0.05, 0) is 50.4 Å². The molecule has 3 fully saturated rings. The first-order valence-electron chi connectivity index (χ1n) is 15.6. The highest BCUT2D eigenvalue weighted by atomic mass is 32.2. The van der Waals surface area contributed by atoms with Gasteiger partial charge >= 0.3 is 5.69 Å². The summed E-state index contributed by atoms with van der Waals surface area (Å²) >= 11 is 1.64. The molecule has 1 aromatic carbocycles. The molecule has 1 N–H and O–H groups in total. The Morgan fingerprint density at radius 1 is 1.05 bits per heavy atom. The Hall–Kier alpha value is -3.31. The second-order valence-electron chi connectivity index (χ2n) is 12.5. The predicted molar refractivity (Wildman–Crippen MR) is 173 cm³/mol. The lowest BCUT2D eigenvalue weighted by atomic mass is 10.0. The van der Waals surface area contributed by atoms with E-state index in [0.717, 1.165) is 38.1 Å². The highest BCUT2D eigenvalue weighted by Gasteiger charge is 2.43. The van der Waals surface area contributed by atoms with Crippen molar-refractivity contribution >= 4 is 40.4 Å². The number of benzene rings is 1. The number of rotatable bonds is 8. The molecule has 0 aliphatic carbocycles. The minimum Gasteiger partial charge on any atom is -0.369 e. The van der Waals surface area contributed by atoms with Crippen molar-refractivity contribution < 1.29 is 11.0 Å². The molecule has 3 aliphatic rings. The van der Waals surface area contributed by atoms with Crippen LogP contribution in [0.3, 0.4) is 0 Å². The van der Waals surface area contributed by atoms with Crippen LogP contribution in [0.5, 0.6) is 0 Å². The number of aromatic nitrogens is 3. The van der Waals surface area contributed by atoms with Crippen molar-refractivity contribution in [3.63, 3.8) is 0 Å². The first kappa shape index (κ1) is 29.7. The molecule has 0 bridgehead atoms. The number of thioether (sulfide) groups is 1. The van der Waals surface area contributed by atoms with Gasteiger partial charge in [0, 0.05) is 77.2 Å². The number of anilines is 1. The number of likely N-dealkylation sites (tertiary alicyclic amines) is 1. The summed E-state index contributed by atoms with van der Waals surface area (Å²) in [7, 11) is 2.16. The average molecular weight is 608 g/mol. The molecule has 3 aliphatic heterocycles. The number of piperazine rings is 1. The van der Waals surface area contributed by atoms with E-state index in [2.05, 4.69) is 64.9 Å². The van der Waals surface area contributed by atoms with Crippen molar-refractivity contribution in [2.45, 2.75) is 56.2 Å². The van der Waals surface area contributed by atoms with Crippen LogP contribution in [0.25, 0.3) is 11.2 Å². The highest BCUT2D eigenvalue weighted by molar-refractivity contribution is 8.01. The van der Waals surface area contributed by atoms with Gasteiger partial charge in [0.2, 0.25) is 11.8 Å². The summed E-state index contributed by atoms with van der Waals surface area (Å²) in [5.74, 6) is 0.577. The Labute approximate surface area is 258 Å². The van der Waals surface area contributed by atoms with E-state index in [1.165, 1.54) is 11.3 Å². The summed E-state index contributed by atoms with van der Waals surface area (Å²) in [6.45, 7) is 10.2. The fraction of sp³-hybridized carbons (Fsp3) is 0.562. The molecule has 43 heavy (non-hydrogen) atoms. The maximum Gasteiger partial charge on any atom is 0.327 e. The Balaban J connectivity index is 0.00000384. The lowest BCUT2D eigenvalue weighted by Gasteiger charge is -2.36. The number of para-hydroxylation sites is 1. The Morgan fingerprint density at radius 3 is 2.53 bits per heavy atom. The number of hydrogen-bond donors (Lipinski definition) is 1. The molecular formula is C32H45N7O3S. The van der Waals surface area contributed by atoms with Gasteiger partial charge in [0.05, 0.1) is 10.8 Å². The number of carbonyl (C=O) groups excluding carboxylic acids is 2. The number of hydrogen-bond acceptors (Lipinski definition) is 7. The molecule has 0 saturated carbocycles. The quantitative estimate of drug-likeness (QED) is 0.414. The maximum absolute atomic E-state index is 13.9. The number of aromatic amines is 1. The van der Waals surface area contributed by atoms with Crippen molar-refractivity contribution in [1.29, 1.82) is 0 Å². The van der Waals surface area contributed by atoms with E-state index >= 15 is 0 Å². The lowest BCUT2D eigenvalue weighted by molar-refractivity contribution is -0.136. The summed E-state index contributed by atoms with van der Waals surface area (Å²) in [4.78, 5) is 56.0. The molecule has 5 heterocycles. The normalized spacial score (nSPS) is 22.3. The SMILES string of the molecule is CC(C)CCN1C(=O)C(CC(=O)N2CCC(n3c(=O)[nH]c4ncccc43)CC2)SC1c1ccccc1N1CCN(C)CC1.[HH]. The summed E-state index contributed by atoms with van der Waals surface area (Å²) in [6.07, 6.45) is 4.19. The summed E-state index contributed by atoms with van der Waals surface area (Å²) < 4.78 is 1.79. The van der Waals surface area contributed by atoms with Gasteiger partial charge in [-0.15, -0.1) is 11.8 Å². The standard InChI is InChI=1S/C32H43N7O3S.H2/c1-22(2)10-16-38-30(41)27(43-31(38)24-7-4-5-8-25(24)36-19-17-35(3)18-20-36)21-28(40)37-14-11-23(12-15-37)39-26-9-6-13-33-29(26)34-32(39)42;/h4-9,13,22-23,27,31H,10-12,14-21H2,1-3H3,(H,33,34,42);1H. The van der Waals surface area contributed by atoms with E-state index in [1.807, 2.05) is 21.9 Å². The van der Waals surface area contributed by atoms with Crippen LogP contribution >= 0.6 is 11.8 Å². The third-order valence-electron chi connectivity index (χ3n) is 9.16. The summed E-state index contributed by atoms with van der Waals surface area (Å²) in [5.41, 5.74) is 3.61. The van der Waals surface area contributed by atoms with Crippen LogP contribution in [0, 0.1) is 5.92 Å². The number of nitrogens with one attached hydrogen (secondary N) is 1. The van der Waals surface area contributed by atoms with Gasteiger partial charge in [-0.2, -0.15) is 0 Å². The molecule has 3 aromatic rings. The number of pyridine rings is 1. The highest BCUT2D eigenvalue weighted by Crippen LogP contribution is 2.47. The molecular weight excluding hydrogens is 562 g/mol. The molecule has 2 atom stereocenters. The van der Waals surface area contributed by atoms with E-state index in [1.54, 1.807) is 22.5 Å². The van der Waals surface area contributed by atoms with Crippen molar-refractivity contribution in [1.82, 2.24) is 29.2 Å². The molecule has 2 aromatic heterocycles. The minimum atomic E-state index is -0.398. The molecule has 6 rings (SSSR count). The number of amides is 2. The lowest BCUT2D eigenvalue weighted by Crippen LogP contribution is -2.45. The summed E-state index contributed by atoms with van der Waals surface area (Å²) in [5, 5.41) is -0.502. The monoisotopic (exact) mass is 607 g/mol. The van der Waals surface area contributed by atoms with Crippen LogP contribution in [0.2, 0.25) is 0 Å². The molecule has 2 amide bonds. The zero-order valence-electron chi connectivity index (χ0n) is 25.4. The fourth-order valence-corrected chi connectivity index (χ4v) is 8.11. The smallest absolute Gasteiger partial charge is 0.327 e. The number of likely N-dealkylation sites (N-methyl/N-ethyl adjacent to an activating group) is 1. The van der Waals surface area contributed by atoms with Gasteiger partial charge < -0.3 is 19.6 Å². The third-order valence-corrected chi connectivity index (χ3v) is 10.6. The number of carbonyl (C=O) groups is 2. The predicted octanol–water partition coefficient (Wildman–Crippen LogP) is 3.96. The maximum atomic E-state index is 13.9. The summed E-state index contributed by atoms with van der Waals surface area (Å²) in [6, 6.07) is 12.3. The van der Waals surface area contributed by atoms with Crippen LogP contribution in [0.1, 0.15) is 57.9 Å². The molecule has 2 unspecified atom stereocenters. The van der Waals surface area contributed by atoms with E-state index in [9.17, 15) is 14.4 Å². The number of nitrogens with zero attached hydrogens (tertiary/aromatic N) is 6.